The lowest BCUT2D eigenvalue weighted by Gasteiger charge is -2.27. The van der Waals surface area contributed by atoms with Crippen molar-refractivity contribution in [1.82, 2.24) is 14.5 Å². The van der Waals surface area contributed by atoms with Crippen LogP contribution in [0.1, 0.15) is 24.4 Å². The minimum atomic E-state index is -0.459. The molecule has 4 aromatic rings. The molecule has 0 saturated carbocycles. The summed E-state index contributed by atoms with van der Waals surface area (Å²) in [5, 5.41) is 0.534. The fraction of sp³-hybridized carbons (Fsp3) is 0.192. The number of carbonyl (C=O) groups is 1. The molecule has 1 atom stereocenters. The van der Waals surface area contributed by atoms with Crippen LogP contribution in [0.25, 0.3) is 16.6 Å². The molecule has 3 aromatic carbocycles. The Kier molecular flexibility index (Phi) is 6.03. The van der Waals surface area contributed by atoms with Gasteiger partial charge in [0.15, 0.2) is 6.61 Å². The number of aryl methyl sites for hydroxylation is 1. The van der Waals surface area contributed by atoms with E-state index in [1.165, 1.54) is 0 Å². The van der Waals surface area contributed by atoms with Gasteiger partial charge in [-0.05, 0) is 55.8 Å². The summed E-state index contributed by atoms with van der Waals surface area (Å²) >= 11 is 0. The van der Waals surface area contributed by atoms with Gasteiger partial charge in [0.25, 0.3) is 11.5 Å². The van der Waals surface area contributed by atoms with Gasteiger partial charge in [0.2, 0.25) is 0 Å². The first-order valence-corrected chi connectivity index (χ1v) is 10.5. The van der Waals surface area contributed by atoms with E-state index in [0.29, 0.717) is 22.5 Å². The highest BCUT2D eigenvalue weighted by molar-refractivity contribution is 5.79. The predicted molar refractivity (Wildman–Crippen MR) is 125 cm³/mol. The van der Waals surface area contributed by atoms with E-state index in [2.05, 4.69) is 0 Å². The van der Waals surface area contributed by atoms with Gasteiger partial charge in [-0.2, -0.15) is 0 Å². The number of aromatic nitrogens is 2. The normalized spacial score (nSPS) is 11.8. The van der Waals surface area contributed by atoms with Crippen molar-refractivity contribution in [3.63, 3.8) is 0 Å². The molecule has 1 unspecified atom stereocenters. The second kappa shape index (κ2) is 9.06. The summed E-state index contributed by atoms with van der Waals surface area (Å²) in [6.45, 7) is 3.74. The summed E-state index contributed by atoms with van der Waals surface area (Å²) in [4.78, 5) is 32.7. The monoisotopic (exact) mass is 427 g/mol. The lowest BCUT2D eigenvalue weighted by Crippen LogP contribution is -2.37. The molecule has 1 amide bonds. The van der Waals surface area contributed by atoms with Crippen LogP contribution in [0, 0.1) is 6.92 Å². The number of carbonyl (C=O) groups excluding carboxylic acids is 1. The zero-order valence-corrected chi connectivity index (χ0v) is 18.4. The summed E-state index contributed by atoms with van der Waals surface area (Å²) in [6, 6.07) is 23.7. The van der Waals surface area contributed by atoms with Crippen LogP contribution in [-0.2, 0) is 4.79 Å². The van der Waals surface area contributed by atoms with E-state index in [1.54, 1.807) is 34.7 Å². The molecule has 0 aliphatic carbocycles. The van der Waals surface area contributed by atoms with Crippen molar-refractivity contribution in [3.05, 3.63) is 101 Å². The zero-order valence-electron chi connectivity index (χ0n) is 18.4. The van der Waals surface area contributed by atoms with Gasteiger partial charge in [0, 0.05) is 7.05 Å². The first-order valence-electron chi connectivity index (χ1n) is 10.5. The lowest BCUT2D eigenvalue weighted by atomic mass is 10.1. The SMILES string of the molecule is Cc1cccc(-n2c(C(C)N(C)C(=O)COc3ccccc3)nc3ccccc3c2=O)c1. The highest BCUT2D eigenvalue weighted by Gasteiger charge is 2.24. The Hall–Kier alpha value is -3.93. The van der Waals surface area contributed by atoms with Crippen molar-refractivity contribution in [1.29, 1.82) is 0 Å². The Labute approximate surface area is 186 Å². The van der Waals surface area contributed by atoms with Crippen molar-refractivity contribution >= 4 is 16.8 Å². The van der Waals surface area contributed by atoms with E-state index in [4.69, 9.17) is 9.72 Å². The topological polar surface area (TPSA) is 64.4 Å². The number of likely N-dealkylation sites (N-methyl/N-ethyl adjacent to an activating group) is 1. The number of nitrogens with zero attached hydrogens (tertiary/aromatic N) is 3. The van der Waals surface area contributed by atoms with Crippen LogP contribution in [0.2, 0.25) is 0 Å². The van der Waals surface area contributed by atoms with Gasteiger partial charge in [0.1, 0.15) is 11.6 Å². The molecule has 1 aromatic heterocycles. The third-order valence-electron chi connectivity index (χ3n) is 5.52. The molecule has 32 heavy (non-hydrogen) atoms. The molecule has 0 fully saturated rings. The van der Waals surface area contributed by atoms with Gasteiger partial charge in [-0.1, -0.05) is 42.5 Å². The summed E-state index contributed by atoms with van der Waals surface area (Å²) in [7, 11) is 1.70. The Bertz CT molecular complexity index is 1310. The van der Waals surface area contributed by atoms with Crippen LogP contribution in [0.3, 0.4) is 0 Å². The fourth-order valence-corrected chi connectivity index (χ4v) is 3.60. The van der Waals surface area contributed by atoms with Crippen molar-refractivity contribution in [3.8, 4) is 11.4 Å². The second-order valence-electron chi connectivity index (χ2n) is 7.75. The van der Waals surface area contributed by atoms with E-state index in [0.717, 1.165) is 11.3 Å². The van der Waals surface area contributed by atoms with Crippen molar-refractivity contribution in [2.24, 2.45) is 0 Å². The molecule has 162 valence electrons. The van der Waals surface area contributed by atoms with E-state index in [9.17, 15) is 9.59 Å². The van der Waals surface area contributed by atoms with E-state index in [-0.39, 0.29) is 18.1 Å². The van der Waals surface area contributed by atoms with Crippen LogP contribution < -0.4 is 10.3 Å². The molecular formula is C26H25N3O3. The van der Waals surface area contributed by atoms with Crippen LogP contribution in [0.5, 0.6) is 5.75 Å². The van der Waals surface area contributed by atoms with E-state index < -0.39 is 6.04 Å². The molecule has 0 bridgehead atoms. The maximum absolute atomic E-state index is 13.5. The van der Waals surface area contributed by atoms with Crippen LogP contribution >= 0.6 is 0 Å². The minimum Gasteiger partial charge on any atom is -0.484 e. The Morgan fingerprint density at radius 2 is 1.75 bits per heavy atom. The Morgan fingerprint density at radius 3 is 2.50 bits per heavy atom. The zero-order chi connectivity index (χ0) is 22.7. The summed E-state index contributed by atoms with van der Waals surface area (Å²) < 4.78 is 7.22. The third kappa shape index (κ3) is 4.25. The number of ether oxygens (including phenoxy) is 1. The van der Waals surface area contributed by atoms with Crippen LogP contribution in [0.4, 0.5) is 0 Å². The van der Waals surface area contributed by atoms with Crippen molar-refractivity contribution in [2.45, 2.75) is 19.9 Å². The predicted octanol–water partition coefficient (Wildman–Crippen LogP) is 4.29. The lowest BCUT2D eigenvalue weighted by molar-refractivity contribution is -0.134. The van der Waals surface area contributed by atoms with E-state index in [1.807, 2.05) is 74.5 Å². The summed E-state index contributed by atoms with van der Waals surface area (Å²) in [5.74, 6) is 0.914. The molecule has 4 rings (SSSR count). The largest absolute Gasteiger partial charge is 0.484 e. The number of hydrogen-bond donors (Lipinski definition) is 0. The molecule has 0 saturated heterocycles. The highest BCUT2D eigenvalue weighted by Crippen LogP contribution is 2.22. The molecule has 6 heteroatoms. The number of amides is 1. The standard InChI is InChI=1S/C26H25N3O3/c1-18-10-9-11-20(16-18)29-25(27-23-15-8-7-14-22(23)26(29)31)19(2)28(3)24(30)17-32-21-12-5-4-6-13-21/h4-16,19H,17H2,1-3H3. The molecule has 0 radical (unpaired) electrons. The van der Waals surface area contributed by atoms with Crippen LogP contribution in [-0.4, -0.2) is 34.0 Å². The van der Waals surface area contributed by atoms with Gasteiger partial charge < -0.3 is 9.64 Å². The number of benzene rings is 3. The second-order valence-corrected chi connectivity index (χ2v) is 7.75. The molecule has 1 heterocycles. The van der Waals surface area contributed by atoms with Gasteiger partial charge in [-0.3, -0.25) is 14.2 Å². The molecule has 0 N–H and O–H groups in total. The summed E-state index contributed by atoms with van der Waals surface area (Å²) in [5.41, 5.74) is 2.19. The molecular weight excluding hydrogens is 402 g/mol. The maximum atomic E-state index is 13.5. The Morgan fingerprint density at radius 1 is 1.03 bits per heavy atom. The Balaban J connectivity index is 1.72. The van der Waals surface area contributed by atoms with Crippen molar-refractivity contribution in [2.75, 3.05) is 13.7 Å². The van der Waals surface area contributed by atoms with Gasteiger partial charge in [-0.15, -0.1) is 0 Å². The average Bonchev–Trinajstić information content (AvgIpc) is 2.82. The molecule has 0 spiro atoms. The van der Waals surface area contributed by atoms with Gasteiger partial charge in [0.05, 0.1) is 22.6 Å². The number of para-hydroxylation sites is 2. The smallest absolute Gasteiger partial charge is 0.266 e. The molecule has 0 aliphatic rings. The quantitative estimate of drug-likeness (QED) is 0.460. The van der Waals surface area contributed by atoms with E-state index >= 15 is 0 Å². The molecule has 6 nitrogen and oxygen atoms in total. The third-order valence-corrected chi connectivity index (χ3v) is 5.52. The van der Waals surface area contributed by atoms with Gasteiger partial charge in [-0.25, -0.2) is 4.98 Å². The van der Waals surface area contributed by atoms with Gasteiger partial charge >= 0.3 is 0 Å². The number of fused-ring (bicyclic) bond motifs is 1. The average molecular weight is 428 g/mol. The number of hydrogen-bond acceptors (Lipinski definition) is 4. The highest BCUT2D eigenvalue weighted by atomic mass is 16.5. The maximum Gasteiger partial charge on any atom is 0.266 e. The first-order chi connectivity index (χ1) is 15.5. The van der Waals surface area contributed by atoms with Crippen molar-refractivity contribution < 1.29 is 9.53 Å². The van der Waals surface area contributed by atoms with Crippen LogP contribution in [0.15, 0.2) is 83.7 Å². The first kappa shape index (κ1) is 21.3. The fourth-order valence-electron chi connectivity index (χ4n) is 3.60. The number of rotatable bonds is 6. The summed E-state index contributed by atoms with van der Waals surface area (Å²) in [6.07, 6.45) is 0. The molecule has 0 aliphatic heterocycles. The minimum absolute atomic E-state index is 0.104.